The molecule has 0 radical (unpaired) electrons. The highest BCUT2D eigenvalue weighted by Crippen LogP contribution is 2.16. The summed E-state index contributed by atoms with van der Waals surface area (Å²) in [5.41, 5.74) is 0.607. The molecule has 0 spiro atoms. The summed E-state index contributed by atoms with van der Waals surface area (Å²) in [6.07, 6.45) is 1.53. The maximum Gasteiger partial charge on any atom is 0.251 e. The first-order chi connectivity index (χ1) is 12.2. The molecule has 1 atom stereocenters. The van der Waals surface area contributed by atoms with Gasteiger partial charge in [-0.2, -0.15) is 0 Å². The van der Waals surface area contributed by atoms with Gasteiger partial charge in [-0.05, 0) is 18.9 Å². The van der Waals surface area contributed by atoms with Crippen LogP contribution in [-0.4, -0.2) is 67.6 Å². The summed E-state index contributed by atoms with van der Waals surface area (Å²) in [6, 6.07) is 6.71. The first-order valence-corrected chi connectivity index (χ1v) is 8.78. The third kappa shape index (κ3) is 5.06. The van der Waals surface area contributed by atoms with Crippen LogP contribution in [0, 0.1) is 5.82 Å². The summed E-state index contributed by atoms with van der Waals surface area (Å²) >= 11 is 0. The molecule has 6 nitrogen and oxygen atoms in total. The molecule has 2 aliphatic heterocycles. The predicted octanol–water partition coefficient (Wildman–Crippen LogP) is 1.84. The van der Waals surface area contributed by atoms with Crippen LogP contribution in [-0.2, 0) is 16.1 Å². The summed E-state index contributed by atoms with van der Waals surface area (Å²) < 4.78 is 19.2. The van der Waals surface area contributed by atoms with E-state index in [0.29, 0.717) is 44.9 Å². The quantitative estimate of drug-likeness (QED) is 0.411. The van der Waals surface area contributed by atoms with Crippen molar-refractivity contribution in [2.24, 2.45) is 4.99 Å². The average Bonchev–Trinajstić information content (AvgIpc) is 3.18. The Morgan fingerprint density at radius 3 is 2.58 bits per heavy atom. The van der Waals surface area contributed by atoms with Crippen molar-refractivity contribution in [3.8, 4) is 0 Å². The van der Waals surface area contributed by atoms with Gasteiger partial charge in [0.25, 0.3) is 5.91 Å². The van der Waals surface area contributed by atoms with E-state index in [4.69, 9.17) is 4.74 Å². The number of carbonyl (C=O) groups excluding carboxylic acids is 1. The largest absolute Gasteiger partial charge is 0.368 e. The molecule has 1 aromatic carbocycles. The van der Waals surface area contributed by atoms with Gasteiger partial charge in [-0.1, -0.05) is 18.2 Å². The molecule has 0 aliphatic carbocycles. The summed E-state index contributed by atoms with van der Waals surface area (Å²) in [7, 11) is 1.72. The van der Waals surface area contributed by atoms with Crippen molar-refractivity contribution in [2.45, 2.75) is 25.5 Å². The standard InChI is InChI=1S/C18H25FN4O2.HI/c1-20-18(21-13-14-5-2-3-6-15(14)19)23-10-8-22(9-11-23)17(24)16-7-4-12-25-16;/h2-3,5-6,16H,4,7-13H2,1H3,(H,20,21);1H. The number of ether oxygens (including phenoxy) is 1. The number of benzene rings is 1. The lowest BCUT2D eigenvalue weighted by molar-refractivity contribution is -0.142. The van der Waals surface area contributed by atoms with E-state index >= 15 is 0 Å². The van der Waals surface area contributed by atoms with Gasteiger partial charge in [0.2, 0.25) is 0 Å². The fourth-order valence-electron chi connectivity index (χ4n) is 3.26. The third-order valence-electron chi connectivity index (χ3n) is 4.70. The van der Waals surface area contributed by atoms with Crippen LogP contribution in [0.3, 0.4) is 0 Å². The highest BCUT2D eigenvalue weighted by Gasteiger charge is 2.30. The molecule has 2 aliphatic rings. The Kier molecular flexibility index (Phi) is 8.08. The van der Waals surface area contributed by atoms with E-state index in [9.17, 15) is 9.18 Å². The highest BCUT2D eigenvalue weighted by molar-refractivity contribution is 14.0. The normalized spacial score (nSPS) is 20.7. The SMILES string of the molecule is CN=C(NCc1ccccc1F)N1CCN(C(=O)C2CCCO2)CC1.I. The molecular formula is C18H26FIN4O2. The van der Waals surface area contributed by atoms with Crippen molar-refractivity contribution in [1.29, 1.82) is 0 Å². The van der Waals surface area contributed by atoms with Crippen LogP contribution in [0.5, 0.6) is 0 Å². The molecule has 1 unspecified atom stereocenters. The summed E-state index contributed by atoms with van der Waals surface area (Å²) in [4.78, 5) is 20.6. The second-order valence-electron chi connectivity index (χ2n) is 6.31. The number of guanidine groups is 1. The fourth-order valence-corrected chi connectivity index (χ4v) is 3.26. The Bertz CT molecular complexity index is 629. The number of hydrogen-bond acceptors (Lipinski definition) is 3. The van der Waals surface area contributed by atoms with Gasteiger partial charge in [-0.15, -0.1) is 24.0 Å². The molecule has 3 rings (SSSR count). The fraction of sp³-hybridized carbons (Fsp3) is 0.556. The zero-order valence-corrected chi connectivity index (χ0v) is 17.3. The molecule has 1 aromatic rings. The molecule has 144 valence electrons. The first-order valence-electron chi connectivity index (χ1n) is 8.78. The van der Waals surface area contributed by atoms with Gasteiger partial charge in [0.05, 0.1) is 0 Å². The van der Waals surface area contributed by atoms with Gasteiger partial charge in [-0.25, -0.2) is 4.39 Å². The van der Waals surface area contributed by atoms with Gasteiger partial charge >= 0.3 is 0 Å². The van der Waals surface area contributed by atoms with Crippen molar-refractivity contribution < 1.29 is 13.9 Å². The molecule has 0 saturated carbocycles. The van der Waals surface area contributed by atoms with Gasteiger partial charge in [0, 0.05) is 51.9 Å². The second kappa shape index (κ2) is 10.1. The number of aliphatic imine (C=N–C) groups is 1. The number of piperazine rings is 1. The molecule has 1 N–H and O–H groups in total. The molecule has 2 saturated heterocycles. The van der Waals surface area contributed by atoms with Crippen molar-refractivity contribution in [3.05, 3.63) is 35.6 Å². The van der Waals surface area contributed by atoms with Crippen LogP contribution < -0.4 is 5.32 Å². The minimum Gasteiger partial charge on any atom is -0.368 e. The topological polar surface area (TPSA) is 57.2 Å². The smallest absolute Gasteiger partial charge is 0.251 e. The average molecular weight is 476 g/mol. The number of rotatable bonds is 3. The van der Waals surface area contributed by atoms with Crippen LogP contribution in [0.4, 0.5) is 4.39 Å². The van der Waals surface area contributed by atoms with E-state index in [1.54, 1.807) is 19.2 Å². The number of carbonyl (C=O) groups is 1. The lowest BCUT2D eigenvalue weighted by atomic mass is 10.2. The predicted molar refractivity (Wildman–Crippen MR) is 109 cm³/mol. The Labute approximate surface area is 170 Å². The second-order valence-corrected chi connectivity index (χ2v) is 6.31. The highest BCUT2D eigenvalue weighted by atomic mass is 127. The Hall–Kier alpha value is -1.42. The zero-order chi connectivity index (χ0) is 17.6. The molecule has 8 heteroatoms. The monoisotopic (exact) mass is 476 g/mol. The number of hydrogen-bond donors (Lipinski definition) is 1. The van der Waals surface area contributed by atoms with Crippen LogP contribution in [0.25, 0.3) is 0 Å². The molecule has 2 heterocycles. The minimum absolute atomic E-state index is 0. The number of halogens is 2. The summed E-state index contributed by atoms with van der Waals surface area (Å²) in [6.45, 7) is 3.78. The Balaban J connectivity index is 0.00000243. The van der Waals surface area contributed by atoms with Crippen molar-refractivity contribution in [1.82, 2.24) is 15.1 Å². The minimum atomic E-state index is -0.259. The van der Waals surface area contributed by atoms with E-state index in [2.05, 4.69) is 15.2 Å². The van der Waals surface area contributed by atoms with Crippen LogP contribution >= 0.6 is 24.0 Å². The van der Waals surface area contributed by atoms with E-state index in [-0.39, 0.29) is 41.8 Å². The lowest BCUT2D eigenvalue weighted by Gasteiger charge is -2.37. The number of amides is 1. The summed E-state index contributed by atoms with van der Waals surface area (Å²) in [5, 5.41) is 3.20. The van der Waals surface area contributed by atoms with Crippen molar-refractivity contribution in [3.63, 3.8) is 0 Å². The molecular weight excluding hydrogens is 450 g/mol. The van der Waals surface area contributed by atoms with Crippen LogP contribution in [0.15, 0.2) is 29.3 Å². The molecule has 1 amide bonds. The number of nitrogens with zero attached hydrogens (tertiary/aromatic N) is 3. The maximum absolute atomic E-state index is 13.7. The Morgan fingerprint density at radius 1 is 1.27 bits per heavy atom. The van der Waals surface area contributed by atoms with Gasteiger partial charge in [0.15, 0.2) is 5.96 Å². The zero-order valence-electron chi connectivity index (χ0n) is 15.0. The van der Waals surface area contributed by atoms with Crippen molar-refractivity contribution in [2.75, 3.05) is 39.8 Å². The van der Waals surface area contributed by atoms with E-state index in [1.165, 1.54) is 6.07 Å². The van der Waals surface area contributed by atoms with Gasteiger partial charge in [-0.3, -0.25) is 9.79 Å². The van der Waals surface area contributed by atoms with Gasteiger partial charge < -0.3 is 19.9 Å². The molecule has 2 fully saturated rings. The van der Waals surface area contributed by atoms with Gasteiger partial charge in [0.1, 0.15) is 11.9 Å². The van der Waals surface area contributed by atoms with Crippen LogP contribution in [0.2, 0.25) is 0 Å². The first kappa shape index (κ1) is 20.9. The summed E-state index contributed by atoms with van der Waals surface area (Å²) in [5.74, 6) is 0.608. The lowest BCUT2D eigenvalue weighted by Crippen LogP contribution is -2.55. The third-order valence-corrected chi connectivity index (χ3v) is 4.70. The number of nitrogens with one attached hydrogen (secondary N) is 1. The molecule has 26 heavy (non-hydrogen) atoms. The van der Waals surface area contributed by atoms with E-state index in [1.807, 2.05) is 11.0 Å². The Morgan fingerprint density at radius 2 is 1.96 bits per heavy atom. The van der Waals surface area contributed by atoms with E-state index < -0.39 is 0 Å². The molecule has 0 bridgehead atoms. The van der Waals surface area contributed by atoms with Crippen LogP contribution in [0.1, 0.15) is 18.4 Å². The maximum atomic E-state index is 13.7. The molecule has 0 aromatic heterocycles. The van der Waals surface area contributed by atoms with E-state index in [0.717, 1.165) is 18.8 Å². The van der Waals surface area contributed by atoms with Crippen molar-refractivity contribution >= 4 is 35.8 Å².